The maximum atomic E-state index is 6.22. The van der Waals surface area contributed by atoms with Crippen molar-refractivity contribution in [3.05, 3.63) is 53.5 Å². The predicted octanol–water partition coefficient (Wildman–Crippen LogP) is 2.89. The van der Waals surface area contributed by atoms with Crippen molar-refractivity contribution in [1.82, 2.24) is 9.97 Å². The maximum absolute atomic E-state index is 6.22. The second-order valence-electron chi connectivity index (χ2n) is 4.39. The Morgan fingerprint density at radius 3 is 2.56 bits per heavy atom. The summed E-state index contributed by atoms with van der Waals surface area (Å²) in [6.07, 6.45) is 3.31. The lowest BCUT2D eigenvalue weighted by atomic mass is 10.0. The molecule has 4 heteroatoms. The van der Waals surface area contributed by atoms with Crippen LogP contribution in [0.2, 0.25) is 0 Å². The average molecular weight is 259 g/mol. The molecule has 1 heterocycles. The number of hydrogen-bond donors (Lipinski definition) is 1. The molecule has 0 bridgehead atoms. The first-order valence-corrected chi connectivity index (χ1v) is 6.86. The van der Waals surface area contributed by atoms with E-state index in [9.17, 15) is 0 Å². The third kappa shape index (κ3) is 3.55. The number of thioether (sulfide) groups is 1. The van der Waals surface area contributed by atoms with Crippen LogP contribution in [-0.4, -0.2) is 15.7 Å². The van der Waals surface area contributed by atoms with Crippen LogP contribution >= 0.6 is 11.8 Å². The number of hydrogen-bond acceptors (Lipinski definition) is 4. The molecule has 0 saturated carbocycles. The van der Waals surface area contributed by atoms with Gasteiger partial charge in [0.1, 0.15) is 6.33 Å². The molecule has 0 amide bonds. The molecular weight excluding hydrogens is 242 g/mol. The predicted molar refractivity (Wildman–Crippen MR) is 75.6 cm³/mol. The van der Waals surface area contributed by atoms with E-state index >= 15 is 0 Å². The molecule has 1 unspecified atom stereocenters. The van der Waals surface area contributed by atoms with Gasteiger partial charge in [-0.2, -0.15) is 0 Å². The molecular formula is C14H17N3S. The fourth-order valence-corrected chi connectivity index (χ4v) is 2.68. The summed E-state index contributed by atoms with van der Waals surface area (Å²) < 4.78 is 0. The van der Waals surface area contributed by atoms with Crippen LogP contribution in [-0.2, 0) is 0 Å². The number of aromatic nitrogens is 2. The third-order valence-corrected chi connectivity index (χ3v) is 3.70. The summed E-state index contributed by atoms with van der Waals surface area (Å²) in [7, 11) is 0. The van der Waals surface area contributed by atoms with E-state index in [1.54, 1.807) is 24.3 Å². The van der Waals surface area contributed by atoms with Gasteiger partial charge < -0.3 is 5.73 Å². The standard InChI is InChI=1S/C14H17N3S/c1-10-5-11(2)7-12(6-10)13(15)8-18-14-3-4-16-9-17-14/h3-7,9,13H,8,15H2,1-2H3. The largest absolute Gasteiger partial charge is 0.323 e. The third-order valence-electron chi connectivity index (χ3n) is 2.64. The van der Waals surface area contributed by atoms with Crippen molar-refractivity contribution >= 4 is 11.8 Å². The van der Waals surface area contributed by atoms with Gasteiger partial charge in [0.2, 0.25) is 0 Å². The van der Waals surface area contributed by atoms with E-state index in [-0.39, 0.29) is 6.04 Å². The van der Waals surface area contributed by atoms with Crippen molar-refractivity contribution in [2.45, 2.75) is 24.9 Å². The Bertz CT molecular complexity index is 493. The van der Waals surface area contributed by atoms with Crippen LogP contribution in [0.1, 0.15) is 22.7 Å². The van der Waals surface area contributed by atoms with Gasteiger partial charge in [0.25, 0.3) is 0 Å². The first kappa shape index (κ1) is 13.1. The van der Waals surface area contributed by atoms with Crippen molar-refractivity contribution in [2.75, 3.05) is 5.75 Å². The highest BCUT2D eigenvalue weighted by molar-refractivity contribution is 7.99. The minimum atomic E-state index is 0.0311. The summed E-state index contributed by atoms with van der Waals surface area (Å²) in [6, 6.07) is 8.40. The highest BCUT2D eigenvalue weighted by Gasteiger charge is 2.08. The Hall–Kier alpha value is -1.39. The molecule has 94 valence electrons. The van der Waals surface area contributed by atoms with Gasteiger partial charge in [-0.3, -0.25) is 0 Å². The zero-order valence-electron chi connectivity index (χ0n) is 10.6. The molecule has 0 aliphatic rings. The van der Waals surface area contributed by atoms with Crippen molar-refractivity contribution in [3.8, 4) is 0 Å². The van der Waals surface area contributed by atoms with Crippen LogP contribution in [0.4, 0.5) is 0 Å². The van der Waals surface area contributed by atoms with E-state index < -0.39 is 0 Å². The molecule has 0 aliphatic heterocycles. The molecule has 0 saturated heterocycles. The summed E-state index contributed by atoms with van der Waals surface area (Å²) in [5, 5.41) is 0.963. The Balaban J connectivity index is 2.01. The van der Waals surface area contributed by atoms with E-state index in [0.29, 0.717) is 0 Å². The summed E-state index contributed by atoms with van der Waals surface area (Å²) in [6.45, 7) is 4.20. The van der Waals surface area contributed by atoms with Crippen LogP contribution in [0.3, 0.4) is 0 Å². The molecule has 2 rings (SSSR count). The van der Waals surface area contributed by atoms with Crippen LogP contribution in [0.15, 0.2) is 41.8 Å². The van der Waals surface area contributed by atoms with Gasteiger partial charge in [-0.05, 0) is 25.5 Å². The van der Waals surface area contributed by atoms with Gasteiger partial charge in [0.05, 0.1) is 5.03 Å². The second-order valence-corrected chi connectivity index (χ2v) is 5.43. The van der Waals surface area contributed by atoms with Gasteiger partial charge in [-0.25, -0.2) is 9.97 Å². The van der Waals surface area contributed by atoms with Gasteiger partial charge in [-0.15, -0.1) is 11.8 Å². The molecule has 3 nitrogen and oxygen atoms in total. The van der Waals surface area contributed by atoms with E-state index in [4.69, 9.17) is 5.73 Å². The first-order chi connectivity index (χ1) is 8.65. The van der Waals surface area contributed by atoms with Gasteiger partial charge in [-0.1, -0.05) is 29.3 Å². The van der Waals surface area contributed by atoms with Crippen molar-refractivity contribution < 1.29 is 0 Å². The normalized spacial score (nSPS) is 12.4. The fraction of sp³-hybridized carbons (Fsp3) is 0.286. The topological polar surface area (TPSA) is 51.8 Å². The van der Waals surface area contributed by atoms with Crippen molar-refractivity contribution in [2.24, 2.45) is 5.73 Å². The van der Waals surface area contributed by atoms with Crippen LogP contribution in [0.25, 0.3) is 0 Å². The molecule has 0 fully saturated rings. The van der Waals surface area contributed by atoms with Crippen LogP contribution in [0, 0.1) is 13.8 Å². The summed E-state index contributed by atoms with van der Waals surface area (Å²) in [5.41, 5.74) is 9.92. The monoisotopic (exact) mass is 259 g/mol. The van der Waals surface area contributed by atoms with Crippen LogP contribution in [0.5, 0.6) is 0 Å². The minimum absolute atomic E-state index is 0.0311. The Morgan fingerprint density at radius 2 is 1.94 bits per heavy atom. The summed E-state index contributed by atoms with van der Waals surface area (Å²) in [5.74, 6) is 0.819. The fourth-order valence-electron chi connectivity index (χ4n) is 1.86. The minimum Gasteiger partial charge on any atom is -0.323 e. The lowest BCUT2D eigenvalue weighted by molar-refractivity contribution is 0.826. The Kier molecular flexibility index (Phi) is 4.33. The molecule has 18 heavy (non-hydrogen) atoms. The molecule has 2 aromatic rings. The Labute approximate surface area is 112 Å². The van der Waals surface area contributed by atoms with E-state index in [2.05, 4.69) is 42.0 Å². The number of rotatable bonds is 4. The first-order valence-electron chi connectivity index (χ1n) is 5.88. The van der Waals surface area contributed by atoms with Crippen LogP contribution < -0.4 is 5.73 Å². The highest BCUT2D eigenvalue weighted by Crippen LogP contribution is 2.22. The summed E-state index contributed by atoms with van der Waals surface area (Å²) in [4.78, 5) is 8.07. The zero-order chi connectivity index (χ0) is 13.0. The van der Waals surface area contributed by atoms with Gasteiger partial charge in [0, 0.05) is 18.0 Å². The zero-order valence-corrected chi connectivity index (χ0v) is 11.4. The highest BCUT2D eigenvalue weighted by atomic mass is 32.2. The maximum Gasteiger partial charge on any atom is 0.116 e. The van der Waals surface area contributed by atoms with E-state index in [1.807, 2.05) is 6.07 Å². The molecule has 0 aliphatic carbocycles. The lowest BCUT2D eigenvalue weighted by Gasteiger charge is -2.13. The van der Waals surface area contributed by atoms with E-state index in [0.717, 1.165) is 10.8 Å². The SMILES string of the molecule is Cc1cc(C)cc(C(N)CSc2ccncn2)c1. The number of benzene rings is 1. The van der Waals surface area contributed by atoms with Gasteiger partial charge >= 0.3 is 0 Å². The lowest BCUT2D eigenvalue weighted by Crippen LogP contribution is -2.13. The number of aryl methyl sites for hydroxylation is 2. The molecule has 1 aromatic carbocycles. The molecule has 1 aromatic heterocycles. The van der Waals surface area contributed by atoms with Crippen molar-refractivity contribution in [3.63, 3.8) is 0 Å². The summed E-state index contributed by atoms with van der Waals surface area (Å²) >= 11 is 1.66. The molecule has 2 N–H and O–H groups in total. The Morgan fingerprint density at radius 1 is 1.22 bits per heavy atom. The van der Waals surface area contributed by atoms with Crippen molar-refractivity contribution in [1.29, 1.82) is 0 Å². The average Bonchev–Trinajstić information content (AvgIpc) is 2.36. The molecule has 1 atom stereocenters. The molecule has 0 radical (unpaired) electrons. The smallest absolute Gasteiger partial charge is 0.116 e. The molecule has 0 spiro atoms. The van der Waals surface area contributed by atoms with Gasteiger partial charge in [0.15, 0.2) is 0 Å². The van der Waals surface area contributed by atoms with E-state index in [1.165, 1.54) is 16.7 Å². The number of nitrogens with two attached hydrogens (primary N) is 1. The second kappa shape index (κ2) is 5.98. The number of nitrogens with zero attached hydrogens (tertiary/aromatic N) is 2. The quantitative estimate of drug-likeness (QED) is 0.677.